The van der Waals surface area contributed by atoms with Gasteiger partial charge in [-0.2, -0.15) is 28.3 Å². The fraction of sp³-hybridized carbons (Fsp3) is 0.150. The van der Waals surface area contributed by atoms with Gasteiger partial charge in [-0.05, 0) is 64.0 Å². The maximum atomic E-state index is 13.3. The number of aromatic nitrogens is 7. The van der Waals surface area contributed by atoms with E-state index in [9.17, 15) is 18.0 Å². The summed E-state index contributed by atoms with van der Waals surface area (Å²) in [5, 5.41) is 26.0. The van der Waals surface area contributed by atoms with Crippen molar-refractivity contribution in [1.29, 1.82) is 5.26 Å². The summed E-state index contributed by atoms with van der Waals surface area (Å²) >= 11 is 9.59. The van der Waals surface area contributed by atoms with Crippen LogP contribution in [0, 0.1) is 18.3 Å². The molecule has 1 N–H and O–H groups in total. The summed E-state index contributed by atoms with van der Waals surface area (Å²) in [4.78, 5) is 18.1. The Morgan fingerprint density at radius 3 is 2.69 bits per heavy atom. The van der Waals surface area contributed by atoms with Crippen molar-refractivity contribution in [1.82, 2.24) is 35.0 Å². The van der Waals surface area contributed by atoms with Crippen molar-refractivity contribution in [3.63, 3.8) is 0 Å². The molecule has 3 aromatic heterocycles. The van der Waals surface area contributed by atoms with Gasteiger partial charge in [0.25, 0.3) is 11.7 Å². The van der Waals surface area contributed by atoms with Crippen LogP contribution in [0.4, 0.5) is 18.9 Å². The second-order valence-electron chi connectivity index (χ2n) is 7.10. The van der Waals surface area contributed by atoms with Crippen molar-refractivity contribution in [2.24, 2.45) is 0 Å². The number of benzene rings is 1. The zero-order valence-corrected chi connectivity index (χ0v) is 19.9. The molecule has 0 aliphatic carbocycles. The molecule has 0 fully saturated rings. The van der Waals surface area contributed by atoms with E-state index in [1.165, 1.54) is 16.9 Å². The van der Waals surface area contributed by atoms with Crippen molar-refractivity contribution < 1.29 is 18.0 Å². The summed E-state index contributed by atoms with van der Waals surface area (Å²) in [6, 6.07) is 9.67. The highest BCUT2D eigenvalue weighted by Gasteiger charge is 2.36. The first-order chi connectivity index (χ1) is 16.6. The lowest BCUT2D eigenvalue weighted by molar-refractivity contribution is -0.145. The van der Waals surface area contributed by atoms with Crippen LogP contribution in [-0.4, -0.2) is 40.9 Å². The molecule has 1 amide bonds. The Balaban J connectivity index is 1.72. The number of aryl methyl sites for hydroxylation is 1. The topological polar surface area (TPSA) is 127 Å². The van der Waals surface area contributed by atoms with Gasteiger partial charge in [0, 0.05) is 10.7 Å². The molecule has 0 radical (unpaired) electrons. The number of nitrogens with one attached hydrogen (secondary N) is 1. The molecule has 0 saturated carbocycles. The Kier molecular flexibility index (Phi) is 6.55. The summed E-state index contributed by atoms with van der Waals surface area (Å²) < 4.78 is 40.1. The standard InChI is InChI=1S/C20H12BrClF3N9O/c1-10-5-11(8-26)6-13(21)16(10)28-18(35)15-7-12(9-33-31-19(29-32-33)20(23,24)25)30-34(15)17-14(22)3-2-4-27-17/h2-7H,9H2,1H3,(H,28,35). The highest BCUT2D eigenvalue weighted by Crippen LogP contribution is 2.29. The van der Waals surface area contributed by atoms with Gasteiger partial charge in [-0.25, -0.2) is 9.67 Å². The first-order valence-corrected chi connectivity index (χ1v) is 10.8. The van der Waals surface area contributed by atoms with Crippen LogP contribution in [0.1, 0.15) is 33.1 Å². The number of anilines is 1. The van der Waals surface area contributed by atoms with Crippen LogP contribution in [0.3, 0.4) is 0 Å². The van der Waals surface area contributed by atoms with E-state index >= 15 is 0 Å². The quantitative estimate of drug-likeness (QED) is 0.384. The van der Waals surface area contributed by atoms with Crippen molar-refractivity contribution in [3.8, 4) is 11.9 Å². The average Bonchev–Trinajstić information content (AvgIpc) is 3.44. The molecule has 178 valence electrons. The molecule has 3 heterocycles. The summed E-state index contributed by atoms with van der Waals surface area (Å²) in [7, 11) is 0. The molecular weight excluding hydrogens is 555 g/mol. The van der Waals surface area contributed by atoms with Crippen LogP contribution in [0.15, 0.2) is 41.0 Å². The third-order valence-electron chi connectivity index (χ3n) is 4.60. The van der Waals surface area contributed by atoms with Gasteiger partial charge >= 0.3 is 6.18 Å². The molecule has 15 heteroatoms. The number of halogens is 5. The molecule has 1 aromatic carbocycles. The number of carbonyl (C=O) groups is 1. The predicted molar refractivity (Wildman–Crippen MR) is 120 cm³/mol. The lowest BCUT2D eigenvalue weighted by Gasteiger charge is -2.12. The van der Waals surface area contributed by atoms with E-state index in [-0.39, 0.29) is 28.8 Å². The molecule has 0 atom stereocenters. The van der Waals surface area contributed by atoms with Gasteiger partial charge < -0.3 is 5.32 Å². The predicted octanol–water partition coefficient (Wildman–Crippen LogP) is 4.17. The van der Waals surface area contributed by atoms with Gasteiger partial charge in [0.05, 0.1) is 28.0 Å². The van der Waals surface area contributed by atoms with Gasteiger partial charge in [-0.15, -0.1) is 10.2 Å². The van der Waals surface area contributed by atoms with E-state index in [1.54, 1.807) is 31.2 Å². The van der Waals surface area contributed by atoms with Crippen molar-refractivity contribution in [3.05, 3.63) is 74.4 Å². The molecule has 0 aliphatic rings. The maximum absolute atomic E-state index is 13.3. The smallest absolute Gasteiger partial charge is 0.319 e. The second kappa shape index (κ2) is 9.43. The number of amides is 1. The number of nitrogens with zero attached hydrogens (tertiary/aromatic N) is 8. The Morgan fingerprint density at radius 2 is 2.06 bits per heavy atom. The number of nitriles is 1. The van der Waals surface area contributed by atoms with Gasteiger partial charge in [0.15, 0.2) is 5.82 Å². The molecule has 4 aromatic rings. The molecule has 0 bridgehead atoms. The molecule has 0 unspecified atom stereocenters. The lowest BCUT2D eigenvalue weighted by Crippen LogP contribution is -2.18. The Bertz CT molecular complexity index is 1450. The van der Waals surface area contributed by atoms with E-state index in [0.717, 1.165) is 0 Å². The van der Waals surface area contributed by atoms with Crippen LogP contribution >= 0.6 is 27.5 Å². The fourth-order valence-corrected chi connectivity index (χ4v) is 3.94. The van der Waals surface area contributed by atoms with E-state index in [4.69, 9.17) is 16.9 Å². The second-order valence-corrected chi connectivity index (χ2v) is 8.36. The Hall–Kier alpha value is -3.83. The lowest BCUT2D eigenvalue weighted by atomic mass is 10.1. The summed E-state index contributed by atoms with van der Waals surface area (Å²) in [5.74, 6) is -1.88. The third-order valence-corrected chi connectivity index (χ3v) is 5.52. The minimum atomic E-state index is -4.75. The molecule has 35 heavy (non-hydrogen) atoms. The van der Waals surface area contributed by atoms with Crippen molar-refractivity contribution in [2.45, 2.75) is 19.6 Å². The number of alkyl halides is 3. The molecule has 0 saturated heterocycles. The molecular formula is C20H12BrClF3N9O. The zero-order valence-electron chi connectivity index (χ0n) is 17.5. The number of hydrogen-bond donors (Lipinski definition) is 1. The summed E-state index contributed by atoms with van der Waals surface area (Å²) in [6.07, 6.45) is -3.31. The van der Waals surface area contributed by atoms with Gasteiger partial charge in [0.1, 0.15) is 12.2 Å². The number of hydrogen-bond acceptors (Lipinski definition) is 7. The summed E-state index contributed by atoms with van der Waals surface area (Å²) in [5.41, 5.74) is 1.59. The van der Waals surface area contributed by atoms with E-state index in [0.29, 0.717) is 26.1 Å². The van der Waals surface area contributed by atoms with E-state index in [1.807, 2.05) is 6.07 Å². The monoisotopic (exact) mass is 565 g/mol. The van der Waals surface area contributed by atoms with Gasteiger partial charge in [-0.1, -0.05) is 11.6 Å². The minimum Gasteiger partial charge on any atom is -0.319 e. The van der Waals surface area contributed by atoms with Crippen LogP contribution in [0.25, 0.3) is 5.82 Å². The fourth-order valence-electron chi connectivity index (χ4n) is 3.08. The average molecular weight is 567 g/mol. The van der Waals surface area contributed by atoms with Gasteiger partial charge in [0.2, 0.25) is 0 Å². The van der Waals surface area contributed by atoms with Crippen molar-refractivity contribution >= 4 is 39.1 Å². The third kappa shape index (κ3) is 5.15. The van der Waals surface area contributed by atoms with E-state index < -0.39 is 17.9 Å². The normalized spacial score (nSPS) is 11.3. The van der Waals surface area contributed by atoms with Crippen LogP contribution in [0.2, 0.25) is 5.02 Å². The van der Waals surface area contributed by atoms with Crippen LogP contribution in [-0.2, 0) is 12.7 Å². The van der Waals surface area contributed by atoms with Crippen LogP contribution in [0.5, 0.6) is 0 Å². The number of tetrazole rings is 1. The van der Waals surface area contributed by atoms with Gasteiger partial charge in [-0.3, -0.25) is 4.79 Å². The number of rotatable bonds is 5. The molecule has 4 rings (SSSR count). The highest BCUT2D eigenvalue weighted by molar-refractivity contribution is 9.10. The van der Waals surface area contributed by atoms with E-state index in [2.05, 4.69) is 46.7 Å². The number of carbonyl (C=O) groups excluding carboxylic acids is 1. The largest absolute Gasteiger partial charge is 0.455 e. The Labute approximate surface area is 208 Å². The molecule has 10 nitrogen and oxygen atoms in total. The first-order valence-electron chi connectivity index (χ1n) is 9.63. The van der Waals surface area contributed by atoms with Crippen LogP contribution < -0.4 is 5.32 Å². The Morgan fingerprint density at radius 1 is 1.29 bits per heavy atom. The maximum Gasteiger partial charge on any atom is 0.455 e. The minimum absolute atomic E-state index is 0.00702. The zero-order chi connectivity index (χ0) is 25.3. The molecule has 0 aliphatic heterocycles. The molecule has 0 spiro atoms. The summed E-state index contributed by atoms with van der Waals surface area (Å²) in [6.45, 7) is 1.41. The highest BCUT2D eigenvalue weighted by atomic mass is 79.9. The SMILES string of the molecule is Cc1cc(C#N)cc(Br)c1NC(=O)c1cc(Cn2nnc(C(F)(F)F)n2)nn1-c1ncccc1Cl. The van der Waals surface area contributed by atoms with Crippen molar-refractivity contribution in [2.75, 3.05) is 5.32 Å². The number of pyridine rings is 1. The first kappa shape index (κ1) is 24.3.